The zero-order chi connectivity index (χ0) is 22.3. The number of nitrogens with zero attached hydrogens (tertiary/aromatic N) is 2. The van der Waals surface area contributed by atoms with Crippen LogP contribution in [0.3, 0.4) is 0 Å². The summed E-state index contributed by atoms with van der Waals surface area (Å²) in [6.07, 6.45) is -2.15. The van der Waals surface area contributed by atoms with Gasteiger partial charge in [0.05, 0.1) is 24.8 Å². The van der Waals surface area contributed by atoms with E-state index in [1.54, 1.807) is 0 Å². The summed E-state index contributed by atoms with van der Waals surface area (Å²) in [5.74, 6) is 0. The first kappa shape index (κ1) is 23.5. The van der Waals surface area contributed by atoms with Gasteiger partial charge < -0.3 is 9.47 Å². The molecule has 0 fully saturated rings. The lowest BCUT2D eigenvalue weighted by Crippen LogP contribution is -2.20. The number of ether oxygens (including phenoxy) is 2. The smallest absolute Gasteiger partial charge is 0.436 e. The van der Waals surface area contributed by atoms with Crippen LogP contribution in [0.5, 0.6) is 0 Å². The van der Waals surface area contributed by atoms with Crippen molar-refractivity contribution in [2.45, 2.75) is 0 Å². The van der Waals surface area contributed by atoms with E-state index in [2.05, 4.69) is 121 Å². The molecular weight excluding hydrogens is 419 g/mol. The summed E-state index contributed by atoms with van der Waals surface area (Å²) < 4.78 is 7.99. The Morgan fingerprint density at radius 1 is 0.581 bits per heavy atom. The Labute approximate surface area is 181 Å². The Bertz CT molecular complexity index is 842. The van der Waals surface area contributed by atoms with E-state index in [-0.39, 0.29) is 0 Å². The third-order valence-corrected chi connectivity index (χ3v) is 6.08. The van der Waals surface area contributed by atoms with Crippen LogP contribution in [0.1, 0.15) is 0 Å². The zero-order valence-electron chi connectivity index (χ0n) is 17.0. The van der Waals surface area contributed by atoms with Gasteiger partial charge >= 0.3 is 12.3 Å². The van der Waals surface area contributed by atoms with Crippen LogP contribution in [0.2, 0.25) is 0 Å². The number of carbonyl (C=O) groups is 2. The number of benzene rings is 3. The molecular formula is C22H21N2O6P. The van der Waals surface area contributed by atoms with Crippen molar-refractivity contribution in [2.75, 3.05) is 14.2 Å². The number of hydrogen-bond donors (Lipinski definition) is 0. The maximum absolute atomic E-state index is 10.2. The van der Waals surface area contributed by atoms with E-state index >= 15 is 0 Å². The zero-order valence-corrected chi connectivity index (χ0v) is 17.8. The fourth-order valence-electron chi connectivity index (χ4n) is 2.35. The van der Waals surface area contributed by atoms with Gasteiger partial charge in [0.2, 0.25) is 0 Å². The van der Waals surface area contributed by atoms with E-state index in [0.29, 0.717) is 0 Å². The minimum Gasteiger partial charge on any atom is -0.436 e. The molecule has 0 aliphatic carbocycles. The van der Waals surface area contributed by atoms with E-state index in [4.69, 9.17) is 0 Å². The third kappa shape index (κ3) is 8.24. The van der Waals surface area contributed by atoms with Gasteiger partial charge in [-0.25, -0.2) is 9.59 Å². The van der Waals surface area contributed by atoms with Crippen molar-refractivity contribution in [1.29, 1.82) is 0 Å². The molecule has 0 N–H and O–H groups in total. The molecule has 0 atom stereocenters. The van der Waals surface area contributed by atoms with E-state index in [9.17, 15) is 9.59 Å². The van der Waals surface area contributed by atoms with Gasteiger partial charge in [-0.15, -0.1) is 0 Å². The minimum absolute atomic E-state index is 0.446. The average molecular weight is 440 g/mol. The summed E-state index contributed by atoms with van der Waals surface area (Å²) in [5, 5.41) is 9.51. The van der Waals surface area contributed by atoms with Crippen LogP contribution in [0.15, 0.2) is 102 Å². The van der Waals surface area contributed by atoms with Crippen molar-refractivity contribution in [2.24, 2.45) is 10.6 Å². The number of rotatable bonds is 5. The van der Waals surface area contributed by atoms with Gasteiger partial charge in [0.25, 0.3) is 0 Å². The van der Waals surface area contributed by atoms with Gasteiger partial charge in [0, 0.05) is 0 Å². The first-order valence-electron chi connectivity index (χ1n) is 9.01. The first-order valence-corrected chi connectivity index (χ1v) is 10.4. The largest absolute Gasteiger partial charge is 0.536 e. The van der Waals surface area contributed by atoms with Gasteiger partial charge in [-0.3, -0.25) is 9.68 Å². The highest BCUT2D eigenvalue weighted by Gasteiger charge is 2.14. The number of methoxy groups -OCH3 is 2. The lowest BCUT2D eigenvalue weighted by atomic mass is 10.4. The molecule has 3 aromatic rings. The van der Waals surface area contributed by atoms with E-state index in [1.807, 2.05) is 0 Å². The van der Waals surface area contributed by atoms with Gasteiger partial charge in [-0.1, -0.05) is 91.0 Å². The second-order valence-electron chi connectivity index (χ2n) is 5.60. The summed E-state index contributed by atoms with van der Waals surface area (Å²) in [6.45, 7) is 0. The molecule has 0 aliphatic heterocycles. The van der Waals surface area contributed by atoms with Gasteiger partial charge in [-0.2, -0.15) is 0 Å². The molecule has 31 heavy (non-hydrogen) atoms. The van der Waals surface area contributed by atoms with Gasteiger partial charge in [0.1, 0.15) is 0 Å². The Balaban J connectivity index is 0.000000248. The van der Waals surface area contributed by atoms with Crippen molar-refractivity contribution < 1.29 is 28.7 Å². The highest BCUT2D eigenvalue weighted by Crippen LogP contribution is 2.32. The minimum atomic E-state index is -1.08. The molecule has 0 aromatic heterocycles. The lowest BCUT2D eigenvalue weighted by molar-refractivity contribution is 0.0285. The molecule has 8 nitrogen and oxygen atoms in total. The van der Waals surface area contributed by atoms with Crippen LogP contribution >= 0.6 is 7.92 Å². The van der Waals surface area contributed by atoms with Crippen LogP contribution in [0, 0.1) is 0 Å². The Morgan fingerprint density at radius 2 is 0.871 bits per heavy atom. The Hall–Kier alpha value is -3.77. The van der Waals surface area contributed by atoms with Crippen LogP contribution in [0.25, 0.3) is 0 Å². The van der Waals surface area contributed by atoms with E-state index in [1.165, 1.54) is 15.9 Å². The summed E-state index contributed by atoms with van der Waals surface area (Å²) >= 11 is 0. The van der Waals surface area contributed by atoms with E-state index in [0.717, 1.165) is 14.2 Å². The summed E-state index contributed by atoms with van der Waals surface area (Å²) in [4.78, 5) is 28.0. The highest BCUT2D eigenvalue weighted by atomic mass is 31.1. The molecule has 0 spiro atoms. The number of hydrogen-bond acceptors (Lipinski definition) is 8. The van der Waals surface area contributed by atoms with Crippen molar-refractivity contribution in [3.63, 3.8) is 0 Å². The van der Waals surface area contributed by atoms with Crippen LogP contribution in [0.4, 0.5) is 9.59 Å². The SMILES string of the molecule is COC(=O)ON=NOC(=O)OC.c1ccc(P(c2ccccc2)c2ccccc2)cc1. The van der Waals surface area contributed by atoms with Crippen molar-refractivity contribution in [3.05, 3.63) is 91.0 Å². The maximum Gasteiger partial charge on any atom is 0.536 e. The van der Waals surface area contributed by atoms with Crippen molar-refractivity contribution in [1.82, 2.24) is 0 Å². The highest BCUT2D eigenvalue weighted by molar-refractivity contribution is 7.79. The lowest BCUT2D eigenvalue weighted by Gasteiger charge is -2.18. The molecule has 0 unspecified atom stereocenters. The Kier molecular flexibility index (Phi) is 10.2. The standard InChI is InChI=1S/C18H15P.C4H6N2O6/c1-4-10-16(11-5-1)19(17-12-6-2-7-13-17)18-14-8-3-9-15-18;1-9-3(7)11-5-6-12-4(8)10-2/h1-15H;1-2H3. The fourth-order valence-corrected chi connectivity index (χ4v) is 4.66. The van der Waals surface area contributed by atoms with Gasteiger partial charge in [0.15, 0.2) is 0 Å². The molecule has 0 aliphatic rings. The molecule has 3 aromatic carbocycles. The Morgan fingerprint density at radius 3 is 1.13 bits per heavy atom. The summed E-state index contributed by atoms with van der Waals surface area (Å²) in [5.41, 5.74) is 0. The molecule has 0 heterocycles. The average Bonchev–Trinajstić information content (AvgIpc) is 2.84. The summed E-state index contributed by atoms with van der Waals surface area (Å²) in [6, 6.07) is 32.3. The molecule has 3 rings (SSSR count). The van der Waals surface area contributed by atoms with Gasteiger partial charge in [-0.05, 0) is 23.8 Å². The van der Waals surface area contributed by atoms with Crippen molar-refractivity contribution in [3.8, 4) is 0 Å². The molecule has 0 amide bonds. The second-order valence-corrected chi connectivity index (χ2v) is 7.82. The second kappa shape index (κ2) is 13.5. The summed E-state index contributed by atoms with van der Waals surface area (Å²) in [7, 11) is 1.72. The molecule has 0 radical (unpaired) electrons. The number of carbonyl (C=O) groups excluding carboxylic acids is 2. The topological polar surface area (TPSA) is 95.8 Å². The molecule has 160 valence electrons. The first-order chi connectivity index (χ1) is 15.2. The molecule has 0 saturated heterocycles. The van der Waals surface area contributed by atoms with Crippen molar-refractivity contribution >= 4 is 36.1 Å². The molecule has 0 saturated carbocycles. The third-order valence-electron chi connectivity index (χ3n) is 3.64. The van der Waals surface area contributed by atoms with Crippen LogP contribution in [-0.4, -0.2) is 26.5 Å². The predicted molar refractivity (Wildman–Crippen MR) is 117 cm³/mol. The van der Waals surface area contributed by atoms with Crippen LogP contribution < -0.4 is 15.9 Å². The monoisotopic (exact) mass is 440 g/mol. The molecule has 9 heteroatoms. The fraction of sp³-hybridized carbons (Fsp3) is 0.0909. The van der Waals surface area contributed by atoms with Crippen LogP contribution in [-0.2, 0) is 19.1 Å². The maximum atomic E-state index is 10.2. The quantitative estimate of drug-likeness (QED) is 0.254. The predicted octanol–water partition coefficient (Wildman–Crippen LogP) is 4.28. The normalized spacial score (nSPS) is 10.0. The molecule has 0 bridgehead atoms. The van der Waals surface area contributed by atoms with E-state index < -0.39 is 20.2 Å².